The second-order valence-electron chi connectivity index (χ2n) is 6.57. The van der Waals surface area contributed by atoms with Crippen LogP contribution in [-0.4, -0.2) is 27.8 Å². The van der Waals surface area contributed by atoms with Gasteiger partial charge in [-0.2, -0.15) is 21.6 Å². The molecule has 2 aromatic carbocycles. The van der Waals surface area contributed by atoms with Crippen LogP contribution >= 0.6 is 7.14 Å². The molecule has 2 unspecified atom stereocenters. The molecule has 0 saturated carbocycles. The summed E-state index contributed by atoms with van der Waals surface area (Å²) in [5.41, 5.74) is -4.09. The van der Waals surface area contributed by atoms with Gasteiger partial charge in [-0.25, -0.2) is 4.18 Å². The van der Waals surface area contributed by atoms with Crippen molar-refractivity contribution in [2.45, 2.75) is 29.7 Å². The first-order valence-electron chi connectivity index (χ1n) is 8.37. The van der Waals surface area contributed by atoms with Crippen LogP contribution in [0.4, 0.5) is 13.2 Å². The SMILES string of the molecule is [B][P+]1(COS(=O)(=O)C(F)(F)F)C(c2ccccc2)CC[C@@H]1c1ccccc1. The van der Waals surface area contributed by atoms with Gasteiger partial charge < -0.3 is 0 Å². The summed E-state index contributed by atoms with van der Waals surface area (Å²) >= 11 is 0. The van der Waals surface area contributed by atoms with Crippen molar-refractivity contribution in [3.05, 3.63) is 71.8 Å². The summed E-state index contributed by atoms with van der Waals surface area (Å²) in [7, 11) is -1.72. The number of hydrogen-bond donors (Lipinski definition) is 0. The number of halogens is 3. The number of benzene rings is 2. The van der Waals surface area contributed by atoms with Gasteiger partial charge in [-0.05, 0) is 24.0 Å². The summed E-state index contributed by atoms with van der Waals surface area (Å²) in [5, 5.41) is 0. The van der Waals surface area contributed by atoms with Crippen molar-refractivity contribution in [3.8, 4) is 0 Å². The monoisotopic (exact) mass is 413 g/mol. The molecule has 142 valence electrons. The second kappa shape index (κ2) is 7.57. The van der Waals surface area contributed by atoms with Gasteiger partial charge in [0.1, 0.15) is 0 Å². The number of rotatable bonds is 5. The van der Waals surface area contributed by atoms with E-state index >= 15 is 0 Å². The molecule has 3 atom stereocenters. The van der Waals surface area contributed by atoms with Crippen LogP contribution in [0.15, 0.2) is 60.7 Å². The van der Waals surface area contributed by atoms with Gasteiger partial charge in [-0.15, -0.1) is 0 Å². The molecule has 1 aliphatic rings. The zero-order valence-electron chi connectivity index (χ0n) is 14.3. The van der Waals surface area contributed by atoms with Crippen LogP contribution in [0.1, 0.15) is 35.3 Å². The Hall–Kier alpha value is -1.37. The molecule has 1 aliphatic heterocycles. The number of alkyl halides is 3. The van der Waals surface area contributed by atoms with E-state index in [1.807, 2.05) is 60.7 Å². The lowest BCUT2D eigenvalue weighted by Crippen LogP contribution is -2.27. The third kappa shape index (κ3) is 4.08. The van der Waals surface area contributed by atoms with Crippen LogP contribution in [0, 0.1) is 0 Å². The van der Waals surface area contributed by atoms with Crippen LogP contribution in [0.2, 0.25) is 0 Å². The van der Waals surface area contributed by atoms with Crippen LogP contribution in [-0.2, 0) is 14.3 Å². The maximum absolute atomic E-state index is 12.7. The number of hydrogen-bond acceptors (Lipinski definition) is 3. The first-order chi connectivity index (χ1) is 12.7. The molecule has 0 amide bonds. The minimum Gasteiger partial charge on any atom is -0.226 e. The Morgan fingerprint density at radius 3 is 1.70 bits per heavy atom. The summed E-state index contributed by atoms with van der Waals surface area (Å²) in [4.78, 5) is 0. The van der Waals surface area contributed by atoms with Gasteiger partial charge in [0.25, 0.3) is 0 Å². The van der Waals surface area contributed by atoms with Crippen LogP contribution in [0.25, 0.3) is 0 Å². The van der Waals surface area contributed by atoms with E-state index in [0.717, 1.165) is 11.1 Å². The molecule has 0 bridgehead atoms. The molecule has 0 N–H and O–H groups in total. The smallest absolute Gasteiger partial charge is 0.226 e. The minimum atomic E-state index is -5.69. The molecule has 1 saturated heterocycles. The first-order valence-corrected chi connectivity index (χ1v) is 12.0. The van der Waals surface area contributed by atoms with Gasteiger partial charge in [-0.3, -0.25) is 0 Å². The van der Waals surface area contributed by atoms with Gasteiger partial charge >= 0.3 is 23.2 Å². The largest absolute Gasteiger partial charge is 0.523 e. The van der Waals surface area contributed by atoms with Crippen molar-refractivity contribution in [3.63, 3.8) is 0 Å². The molecular weight excluding hydrogens is 395 g/mol. The van der Waals surface area contributed by atoms with Gasteiger partial charge in [0.2, 0.25) is 0 Å². The van der Waals surface area contributed by atoms with Crippen molar-refractivity contribution in [2.24, 2.45) is 0 Å². The predicted octanol–water partition coefficient (Wildman–Crippen LogP) is 5.19. The van der Waals surface area contributed by atoms with Crippen molar-refractivity contribution in [1.82, 2.24) is 0 Å². The van der Waals surface area contributed by atoms with Gasteiger partial charge in [0.05, 0.1) is 11.3 Å². The van der Waals surface area contributed by atoms with Gasteiger partial charge in [-0.1, -0.05) is 60.7 Å². The Kier molecular flexibility index (Phi) is 5.71. The third-order valence-corrected chi connectivity index (χ3v) is 10.1. The summed E-state index contributed by atoms with van der Waals surface area (Å²) < 4.78 is 65.6. The molecule has 1 fully saturated rings. The molecule has 2 radical (unpaired) electrons. The summed E-state index contributed by atoms with van der Waals surface area (Å²) in [6.07, 6.45) is 0.709. The maximum atomic E-state index is 12.7. The van der Waals surface area contributed by atoms with Crippen molar-refractivity contribution in [1.29, 1.82) is 0 Å². The van der Waals surface area contributed by atoms with E-state index in [2.05, 4.69) is 4.18 Å². The van der Waals surface area contributed by atoms with Crippen molar-refractivity contribution >= 4 is 24.8 Å². The first kappa shape index (κ1) is 20.4. The Morgan fingerprint density at radius 1 is 0.926 bits per heavy atom. The molecule has 27 heavy (non-hydrogen) atoms. The molecule has 0 aliphatic carbocycles. The third-order valence-electron chi connectivity index (χ3n) is 4.96. The highest BCUT2D eigenvalue weighted by atomic mass is 32.2. The lowest BCUT2D eigenvalue weighted by Gasteiger charge is -2.31. The van der Waals surface area contributed by atoms with Crippen molar-refractivity contribution < 1.29 is 25.8 Å². The lowest BCUT2D eigenvalue weighted by molar-refractivity contribution is -0.0531. The lowest BCUT2D eigenvalue weighted by atomic mass is 10.0. The maximum Gasteiger partial charge on any atom is 0.523 e. The second-order valence-corrected chi connectivity index (χ2v) is 11.7. The van der Waals surface area contributed by atoms with E-state index in [4.69, 9.17) is 7.57 Å². The normalized spacial score (nSPS) is 26.2. The fraction of sp³-hybridized carbons (Fsp3) is 0.333. The summed E-state index contributed by atoms with van der Waals surface area (Å²) in [6, 6.07) is 18.5. The molecular formula is C18H18BF3O3PS+. The highest BCUT2D eigenvalue weighted by Gasteiger charge is 2.57. The highest BCUT2D eigenvalue weighted by molar-refractivity contribution is 7.98. The average Bonchev–Trinajstić information content (AvgIpc) is 2.98. The summed E-state index contributed by atoms with van der Waals surface area (Å²) in [6.45, 7) is 0. The molecule has 3 rings (SSSR count). The molecule has 0 spiro atoms. The average molecular weight is 413 g/mol. The Labute approximate surface area is 158 Å². The molecule has 3 nitrogen and oxygen atoms in total. The van der Waals surface area contributed by atoms with E-state index in [-0.39, 0.29) is 11.3 Å². The van der Waals surface area contributed by atoms with E-state index in [1.54, 1.807) is 0 Å². The Morgan fingerprint density at radius 2 is 1.33 bits per heavy atom. The van der Waals surface area contributed by atoms with Crippen LogP contribution in [0.5, 0.6) is 0 Å². The van der Waals surface area contributed by atoms with E-state index < -0.39 is 29.1 Å². The topological polar surface area (TPSA) is 43.4 Å². The quantitative estimate of drug-likeness (QED) is 0.293. The van der Waals surface area contributed by atoms with E-state index in [1.165, 1.54) is 0 Å². The summed E-state index contributed by atoms with van der Waals surface area (Å²) in [5.74, 6) is 0. The molecule has 0 aromatic heterocycles. The molecule has 9 heteroatoms. The molecule has 1 heterocycles. The van der Waals surface area contributed by atoms with Gasteiger partial charge in [0.15, 0.2) is 6.35 Å². The Bertz CT molecular complexity index is 828. The van der Waals surface area contributed by atoms with Crippen LogP contribution < -0.4 is 0 Å². The van der Waals surface area contributed by atoms with Gasteiger partial charge in [0, 0.05) is 7.14 Å². The van der Waals surface area contributed by atoms with E-state index in [9.17, 15) is 21.6 Å². The standard InChI is InChI=1S/C18H18BF3O3PS/c19-26(13-25-27(23,24)18(20,21)22)16(14-7-3-1-4-8-14)11-12-17(26)15-9-5-2-6-10-15/h1-10,16-17H,11-13H2/q+1/t16-,17?,26?/m1/s1. The fourth-order valence-corrected chi connectivity index (χ4v) is 8.59. The predicted molar refractivity (Wildman–Crippen MR) is 101 cm³/mol. The molecule has 2 aromatic rings. The highest BCUT2D eigenvalue weighted by Crippen LogP contribution is 2.81. The van der Waals surface area contributed by atoms with Crippen molar-refractivity contribution in [2.75, 3.05) is 6.35 Å². The zero-order valence-corrected chi connectivity index (χ0v) is 16.1. The Balaban J connectivity index is 1.97. The zero-order chi connectivity index (χ0) is 19.7. The fourth-order valence-electron chi connectivity index (χ4n) is 3.66. The van der Waals surface area contributed by atoms with Crippen LogP contribution in [0.3, 0.4) is 0 Å². The minimum absolute atomic E-state index is 0.215. The van der Waals surface area contributed by atoms with E-state index in [0.29, 0.717) is 12.8 Å².